The Balaban J connectivity index is 2.00. The molecule has 0 radical (unpaired) electrons. The van der Waals surface area contributed by atoms with Crippen LogP contribution < -0.4 is 10.6 Å². The van der Waals surface area contributed by atoms with E-state index in [0.29, 0.717) is 18.9 Å². The molecule has 4 nitrogen and oxygen atoms in total. The lowest BCUT2D eigenvalue weighted by atomic mass is 10.2. The van der Waals surface area contributed by atoms with Gasteiger partial charge in [-0.2, -0.15) is 0 Å². The number of hydrogen-bond acceptors (Lipinski definition) is 3. The van der Waals surface area contributed by atoms with E-state index in [4.69, 9.17) is 4.42 Å². The van der Waals surface area contributed by atoms with Crippen LogP contribution in [0.2, 0.25) is 0 Å². The maximum atomic E-state index is 11.3. The molecule has 0 unspecified atom stereocenters. The number of carbonyl (C=O) groups is 1. The van der Waals surface area contributed by atoms with Crippen LogP contribution in [0.3, 0.4) is 0 Å². The molecule has 0 fully saturated rings. The zero-order chi connectivity index (χ0) is 11.8. The zero-order valence-electron chi connectivity index (χ0n) is 9.95. The number of hydrogen-bond donors (Lipinski definition) is 2. The molecule has 90 valence electrons. The molecule has 0 aliphatic rings. The number of rotatable bonds is 7. The molecule has 2 N–H and O–H groups in total. The standard InChI is InChI=1S/C12H20N2O2/c1-10(2)7-14-12(15)3-5-13-8-11-4-6-16-9-11/h4,6,9-10,13H,3,5,7-8H2,1-2H3,(H,14,15). The Morgan fingerprint density at radius 3 is 2.94 bits per heavy atom. The van der Waals surface area contributed by atoms with E-state index in [-0.39, 0.29) is 5.91 Å². The van der Waals surface area contributed by atoms with Crippen LogP contribution in [0.5, 0.6) is 0 Å². The summed E-state index contributed by atoms with van der Waals surface area (Å²) in [7, 11) is 0. The average Bonchev–Trinajstić information content (AvgIpc) is 2.74. The van der Waals surface area contributed by atoms with E-state index >= 15 is 0 Å². The van der Waals surface area contributed by atoms with E-state index < -0.39 is 0 Å². The van der Waals surface area contributed by atoms with Crippen molar-refractivity contribution in [2.75, 3.05) is 13.1 Å². The second-order valence-corrected chi connectivity index (χ2v) is 4.26. The second kappa shape index (κ2) is 7.06. The molecule has 0 atom stereocenters. The highest BCUT2D eigenvalue weighted by Gasteiger charge is 2.01. The SMILES string of the molecule is CC(C)CNC(=O)CCNCc1ccoc1. The van der Waals surface area contributed by atoms with Crippen LogP contribution in [0.15, 0.2) is 23.0 Å². The fourth-order valence-corrected chi connectivity index (χ4v) is 1.23. The highest BCUT2D eigenvalue weighted by atomic mass is 16.3. The van der Waals surface area contributed by atoms with Gasteiger partial charge in [0.15, 0.2) is 0 Å². The lowest BCUT2D eigenvalue weighted by Crippen LogP contribution is -2.30. The first-order valence-electron chi connectivity index (χ1n) is 5.67. The van der Waals surface area contributed by atoms with Gasteiger partial charge < -0.3 is 15.1 Å². The van der Waals surface area contributed by atoms with Crippen LogP contribution in [0.4, 0.5) is 0 Å². The van der Waals surface area contributed by atoms with Gasteiger partial charge in [-0.25, -0.2) is 0 Å². The molecule has 0 saturated carbocycles. The van der Waals surface area contributed by atoms with Gasteiger partial charge >= 0.3 is 0 Å². The first-order chi connectivity index (χ1) is 7.68. The summed E-state index contributed by atoms with van der Waals surface area (Å²) in [6.45, 7) is 6.35. The van der Waals surface area contributed by atoms with Crippen LogP contribution in [-0.2, 0) is 11.3 Å². The molecule has 0 spiro atoms. The maximum absolute atomic E-state index is 11.3. The Kier molecular flexibility index (Phi) is 5.64. The van der Waals surface area contributed by atoms with Gasteiger partial charge in [-0.05, 0) is 12.0 Å². The molecule has 0 aliphatic heterocycles. The molecular weight excluding hydrogens is 204 g/mol. The van der Waals surface area contributed by atoms with Crippen LogP contribution in [0.25, 0.3) is 0 Å². The topological polar surface area (TPSA) is 54.3 Å². The molecule has 0 aromatic carbocycles. The zero-order valence-corrected chi connectivity index (χ0v) is 9.95. The normalized spacial score (nSPS) is 10.7. The fourth-order valence-electron chi connectivity index (χ4n) is 1.23. The number of amides is 1. The van der Waals surface area contributed by atoms with Crippen molar-refractivity contribution in [3.05, 3.63) is 24.2 Å². The van der Waals surface area contributed by atoms with Crippen molar-refractivity contribution in [2.45, 2.75) is 26.8 Å². The van der Waals surface area contributed by atoms with E-state index in [1.54, 1.807) is 12.5 Å². The summed E-state index contributed by atoms with van der Waals surface area (Å²) < 4.78 is 4.94. The van der Waals surface area contributed by atoms with Crippen molar-refractivity contribution in [1.29, 1.82) is 0 Å². The molecule has 1 aromatic rings. The van der Waals surface area contributed by atoms with E-state index in [1.807, 2.05) is 6.07 Å². The first kappa shape index (κ1) is 12.8. The van der Waals surface area contributed by atoms with Gasteiger partial charge in [0.1, 0.15) is 0 Å². The number of furan rings is 1. The van der Waals surface area contributed by atoms with E-state index in [9.17, 15) is 4.79 Å². The van der Waals surface area contributed by atoms with E-state index in [2.05, 4.69) is 24.5 Å². The van der Waals surface area contributed by atoms with Crippen LogP contribution in [-0.4, -0.2) is 19.0 Å². The molecule has 4 heteroatoms. The second-order valence-electron chi connectivity index (χ2n) is 4.26. The van der Waals surface area contributed by atoms with E-state index in [0.717, 1.165) is 18.7 Å². The third kappa shape index (κ3) is 5.56. The highest BCUT2D eigenvalue weighted by molar-refractivity contribution is 5.76. The van der Waals surface area contributed by atoms with Crippen molar-refractivity contribution in [2.24, 2.45) is 5.92 Å². The Morgan fingerprint density at radius 2 is 2.31 bits per heavy atom. The smallest absolute Gasteiger partial charge is 0.221 e. The fraction of sp³-hybridized carbons (Fsp3) is 0.583. The quantitative estimate of drug-likeness (QED) is 0.691. The molecule has 16 heavy (non-hydrogen) atoms. The van der Waals surface area contributed by atoms with Crippen molar-refractivity contribution in [1.82, 2.24) is 10.6 Å². The largest absolute Gasteiger partial charge is 0.472 e. The van der Waals surface area contributed by atoms with Gasteiger partial charge in [0.2, 0.25) is 5.91 Å². The minimum absolute atomic E-state index is 0.105. The molecular formula is C12H20N2O2. The molecule has 1 amide bonds. The molecule has 1 aromatic heterocycles. The van der Waals surface area contributed by atoms with Gasteiger partial charge in [0.25, 0.3) is 0 Å². The lowest BCUT2D eigenvalue weighted by molar-refractivity contribution is -0.121. The number of nitrogens with one attached hydrogen (secondary N) is 2. The minimum atomic E-state index is 0.105. The molecule has 0 aliphatic carbocycles. The van der Waals surface area contributed by atoms with Gasteiger partial charge in [0, 0.05) is 31.6 Å². The van der Waals surface area contributed by atoms with Crippen molar-refractivity contribution in [3.63, 3.8) is 0 Å². The maximum Gasteiger partial charge on any atom is 0.221 e. The Hall–Kier alpha value is -1.29. The molecule has 1 rings (SSSR count). The monoisotopic (exact) mass is 224 g/mol. The van der Waals surface area contributed by atoms with Crippen molar-refractivity contribution < 1.29 is 9.21 Å². The molecule has 0 saturated heterocycles. The summed E-state index contributed by atoms with van der Waals surface area (Å²) in [6, 6.07) is 1.91. The predicted octanol–water partition coefficient (Wildman–Crippen LogP) is 1.53. The van der Waals surface area contributed by atoms with Gasteiger partial charge in [0.05, 0.1) is 12.5 Å². The summed E-state index contributed by atoms with van der Waals surface area (Å²) >= 11 is 0. The summed E-state index contributed by atoms with van der Waals surface area (Å²) in [5, 5.41) is 6.06. The van der Waals surface area contributed by atoms with Gasteiger partial charge in [-0.1, -0.05) is 13.8 Å². The molecule has 0 bridgehead atoms. The van der Waals surface area contributed by atoms with Crippen LogP contribution in [0.1, 0.15) is 25.8 Å². The van der Waals surface area contributed by atoms with E-state index in [1.165, 1.54) is 0 Å². The van der Waals surface area contributed by atoms with Crippen LogP contribution in [0, 0.1) is 5.92 Å². The number of carbonyl (C=O) groups excluding carboxylic acids is 1. The Morgan fingerprint density at radius 1 is 1.50 bits per heavy atom. The van der Waals surface area contributed by atoms with Crippen LogP contribution >= 0.6 is 0 Å². The predicted molar refractivity (Wildman–Crippen MR) is 62.9 cm³/mol. The summed E-state index contributed by atoms with van der Waals surface area (Å²) in [5.41, 5.74) is 1.10. The summed E-state index contributed by atoms with van der Waals surface area (Å²) in [5.74, 6) is 0.608. The van der Waals surface area contributed by atoms with Gasteiger partial charge in [-0.3, -0.25) is 4.79 Å². The van der Waals surface area contributed by atoms with Crippen molar-refractivity contribution >= 4 is 5.91 Å². The summed E-state index contributed by atoms with van der Waals surface area (Å²) in [4.78, 5) is 11.3. The third-order valence-electron chi connectivity index (χ3n) is 2.15. The minimum Gasteiger partial charge on any atom is -0.472 e. The Labute approximate surface area is 96.4 Å². The average molecular weight is 224 g/mol. The highest BCUT2D eigenvalue weighted by Crippen LogP contribution is 1.98. The first-order valence-corrected chi connectivity index (χ1v) is 5.67. The Bertz CT molecular complexity index is 294. The lowest BCUT2D eigenvalue weighted by Gasteiger charge is -2.07. The van der Waals surface area contributed by atoms with Gasteiger partial charge in [-0.15, -0.1) is 0 Å². The van der Waals surface area contributed by atoms with Crippen molar-refractivity contribution in [3.8, 4) is 0 Å². The summed E-state index contributed by atoms with van der Waals surface area (Å²) in [6.07, 6.45) is 3.86. The molecule has 1 heterocycles. The third-order valence-corrected chi connectivity index (χ3v) is 2.15.